The fourth-order valence-corrected chi connectivity index (χ4v) is 3.89. The number of nitrogens with two attached hydrogens (primary N) is 1. The Kier molecular flexibility index (Phi) is 4.36. The largest absolute Gasteiger partial charge is 0.491 e. The van der Waals surface area contributed by atoms with Crippen molar-refractivity contribution in [3.8, 4) is 5.75 Å². The van der Waals surface area contributed by atoms with E-state index in [1.165, 1.54) is 4.31 Å². The van der Waals surface area contributed by atoms with E-state index in [9.17, 15) is 8.42 Å². The van der Waals surface area contributed by atoms with Gasteiger partial charge >= 0.3 is 0 Å². The van der Waals surface area contributed by atoms with Gasteiger partial charge < -0.3 is 10.5 Å². The lowest BCUT2D eigenvalue weighted by Crippen LogP contribution is -2.32. The van der Waals surface area contributed by atoms with Gasteiger partial charge in [-0.15, -0.1) is 0 Å². The number of benzene rings is 1. The second kappa shape index (κ2) is 5.71. The van der Waals surface area contributed by atoms with Crippen LogP contribution in [-0.4, -0.2) is 38.0 Å². The molecule has 5 nitrogen and oxygen atoms in total. The van der Waals surface area contributed by atoms with Crippen LogP contribution in [-0.2, 0) is 10.0 Å². The molecule has 6 heteroatoms. The maximum Gasteiger partial charge on any atom is 0.243 e. The maximum atomic E-state index is 12.5. The summed E-state index contributed by atoms with van der Waals surface area (Å²) in [6, 6.07) is 4.92. The van der Waals surface area contributed by atoms with Gasteiger partial charge in [-0.1, -0.05) is 0 Å². The molecule has 1 fully saturated rings. The molecule has 1 aromatic rings. The zero-order chi connectivity index (χ0) is 14.9. The Balaban J connectivity index is 2.27. The van der Waals surface area contributed by atoms with Crippen LogP contribution in [0.25, 0.3) is 0 Å². The van der Waals surface area contributed by atoms with Crippen molar-refractivity contribution < 1.29 is 13.2 Å². The lowest BCUT2D eigenvalue weighted by Gasteiger charge is -2.18. The summed E-state index contributed by atoms with van der Waals surface area (Å²) in [5.74, 6) is 0.720. The van der Waals surface area contributed by atoms with Crippen molar-refractivity contribution in [1.29, 1.82) is 0 Å². The average Bonchev–Trinajstić information content (AvgIpc) is 2.78. The van der Waals surface area contributed by atoms with Crippen LogP contribution in [0, 0.1) is 6.92 Å². The van der Waals surface area contributed by atoms with Crippen LogP contribution in [0.4, 0.5) is 0 Å². The highest BCUT2D eigenvalue weighted by atomic mass is 32.2. The molecule has 0 unspecified atom stereocenters. The predicted octanol–water partition coefficient (Wildman–Crippen LogP) is 1.50. The van der Waals surface area contributed by atoms with E-state index in [1.807, 2.05) is 20.8 Å². The monoisotopic (exact) mass is 298 g/mol. The highest BCUT2D eigenvalue weighted by Crippen LogP contribution is 2.26. The molecule has 2 rings (SSSR count). The number of hydrogen-bond acceptors (Lipinski definition) is 4. The van der Waals surface area contributed by atoms with E-state index in [0.29, 0.717) is 24.4 Å². The van der Waals surface area contributed by atoms with Gasteiger partial charge in [-0.25, -0.2) is 8.42 Å². The number of rotatable bonds is 4. The Hall–Kier alpha value is -1.11. The van der Waals surface area contributed by atoms with Crippen molar-refractivity contribution in [3.05, 3.63) is 23.8 Å². The van der Waals surface area contributed by atoms with Crippen LogP contribution in [0.1, 0.15) is 25.8 Å². The Morgan fingerprint density at radius 2 is 2.10 bits per heavy atom. The third-order valence-electron chi connectivity index (χ3n) is 3.33. The van der Waals surface area contributed by atoms with Gasteiger partial charge in [-0.3, -0.25) is 0 Å². The molecule has 2 N–H and O–H groups in total. The van der Waals surface area contributed by atoms with E-state index in [1.54, 1.807) is 18.2 Å². The molecule has 0 saturated carbocycles. The second-order valence-corrected chi connectivity index (χ2v) is 7.44. The third-order valence-corrected chi connectivity index (χ3v) is 5.20. The number of sulfonamides is 1. The lowest BCUT2D eigenvalue weighted by atomic mass is 10.2. The second-order valence-electron chi connectivity index (χ2n) is 5.51. The smallest absolute Gasteiger partial charge is 0.243 e. The standard InChI is InChI=1S/C14H22N2O3S/c1-10(2)19-14-5-4-13(8-11(14)3)20(17,18)16-7-6-12(15)9-16/h4-5,8,10,12H,6-7,9,15H2,1-3H3/t12-/m0/s1. The normalized spacial score (nSPS) is 20.6. The third kappa shape index (κ3) is 3.13. The Bertz CT molecular complexity index is 584. The van der Waals surface area contributed by atoms with Gasteiger partial charge in [0.05, 0.1) is 11.0 Å². The highest BCUT2D eigenvalue weighted by molar-refractivity contribution is 7.89. The molecule has 20 heavy (non-hydrogen) atoms. The molecule has 1 saturated heterocycles. The van der Waals surface area contributed by atoms with E-state index in [4.69, 9.17) is 10.5 Å². The molecule has 1 aliphatic heterocycles. The van der Waals surface area contributed by atoms with Crippen molar-refractivity contribution in [2.24, 2.45) is 5.73 Å². The molecular formula is C14H22N2O3S. The molecule has 0 radical (unpaired) electrons. The molecule has 0 aromatic heterocycles. The first-order valence-corrected chi connectivity index (χ1v) is 8.27. The van der Waals surface area contributed by atoms with Crippen LogP contribution >= 0.6 is 0 Å². The minimum atomic E-state index is -3.44. The van der Waals surface area contributed by atoms with Crippen molar-refractivity contribution in [1.82, 2.24) is 4.31 Å². The molecular weight excluding hydrogens is 276 g/mol. The van der Waals surface area contributed by atoms with Gasteiger partial charge in [0, 0.05) is 19.1 Å². The Morgan fingerprint density at radius 1 is 1.40 bits per heavy atom. The van der Waals surface area contributed by atoms with Gasteiger partial charge in [-0.05, 0) is 51.0 Å². The van der Waals surface area contributed by atoms with E-state index in [-0.39, 0.29) is 12.1 Å². The summed E-state index contributed by atoms with van der Waals surface area (Å²) < 4.78 is 32.1. The number of hydrogen-bond donors (Lipinski definition) is 1. The quantitative estimate of drug-likeness (QED) is 0.914. The summed E-state index contributed by atoms with van der Waals surface area (Å²) in [4.78, 5) is 0.306. The summed E-state index contributed by atoms with van der Waals surface area (Å²) in [7, 11) is -3.44. The van der Waals surface area contributed by atoms with Gasteiger partial charge in [0.2, 0.25) is 10.0 Å². The first-order chi connectivity index (χ1) is 9.30. The van der Waals surface area contributed by atoms with Gasteiger partial charge in [0.15, 0.2) is 0 Å². The molecule has 1 heterocycles. The fraction of sp³-hybridized carbons (Fsp3) is 0.571. The molecule has 0 amide bonds. The van der Waals surface area contributed by atoms with Gasteiger partial charge in [0.1, 0.15) is 5.75 Å². The zero-order valence-corrected chi connectivity index (χ0v) is 13.0. The topological polar surface area (TPSA) is 72.6 Å². The van der Waals surface area contributed by atoms with Crippen molar-refractivity contribution in [3.63, 3.8) is 0 Å². The van der Waals surface area contributed by atoms with E-state index in [0.717, 1.165) is 11.3 Å². The maximum absolute atomic E-state index is 12.5. The van der Waals surface area contributed by atoms with Crippen molar-refractivity contribution in [2.75, 3.05) is 13.1 Å². The molecule has 0 bridgehead atoms. The van der Waals surface area contributed by atoms with Gasteiger partial charge in [-0.2, -0.15) is 4.31 Å². The first kappa shape index (κ1) is 15.3. The summed E-state index contributed by atoms with van der Waals surface area (Å²) in [6.07, 6.45) is 0.778. The summed E-state index contributed by atoms with van der Waals surface area (Å²) in [5.41, 5.74) is 6.61. The lowest BCUT2D eigenvalue weighted by molar-refractivity contribution is 0.240. The number of aryl methyl sites for hydroxylation is 1. The summed E-state index contributed by atoms with van der Waals surface area (Å²) in [5, 5.41) is 0. The highest BCUT2D eigenvalue weighted by Gasteiger charge is 2.31. The molecule has 1 aromatic carbocycles. The SMILES string of the molecule is Cc1cc(S(=O)(=O)N2CC[C@H](N)C2)ccc1OC(C)C. The first-order valence-electron chi connectivity index (χ1n) is 6.83. The molecule has 1 aliphatic rings. The molecule has 112 valence electrons. The van der Waals surface area contributed by atoms with E-state index < -0.39 is 10.0 Å². The fourth-order valence-electron chi connectivity index (χ4n) is 2.29. The molecule has 1 atom stereocenters. The summed E-state index contributed by atoms with van der Waals surface area (Å²) in [6.45, 7) is 6.62. The van der Waals surface area contributed by atoms with Crippen LogP contribution < -0.4 is 10.5 Å². The van der Waals surface area contributed by atoms with Crippen LogP contribution in [0.5, 0.6) is 5.75 Å². The average molecular weight is 298 g/mol. The number of ether oxygens (including phenoxy) is 1. The van der Waals surface area contributed by atoms with E-state index >= 15 is 0 Å². The minimum Gasteiger partial charge on any atom is -0.491 e. The molecule has 0 spiro atoms. The predicted molar refractivity (Wildman–Crippen MR) is 78.3 cm³/mol. The minimum absolute atomic E-state index is 0.0607. The van der Waals surface area contributed by atoms with Crippen LogP contribution in [0.15, 0.2) is 23.1 Å². The Labute approximate surface area is 120 Å². The van der Waals surface area contributed by atoms with Crippen LogP contribution in [0.2, 0.25) is 0 Å². The van der Waals surface area contributed by atoms with E-state index in [2.05, 4.69) is 0 Å². The van der Waals surface area contributed by atoms with Gasteiger partial charge in [0.25, 0.3) is 0 Å². The Morgan fingerprint density at radius 3 is 2.60 bits per heavy atom. The number of nitrogens with zero attached hydrogens (tertiary/aromatic N) is 1. The zero-order valence-electron chi connectivity index (χ0n) is 12.2. The van der Waals surface area contributed by atoms with Crippen molar-refractivity contribution in [2.45, 2.75) is 44.2 Å². The molecule has 0 aliphatic carbocycles. The van der Waals surface area contributed by atoms with Crippen molar-refractivity contribution >= 4 is 10.0 Å². The summed E-state index contributed by atoms with van der Waals surface area (Å²) >= 11 is 0. The van der Waals surface area contributed by atoms with Crippen LogP contribution in [0.3, 0.4) is 0 Å².